The molecule has 0 unspecified atom stereocenters. The number of ether oxygens (including phenoxy) is 1. The molecule has 3 rings (SSSR count). The van der Waals surface area contributed by atoms with Crippen LogP contribution in [0.1, 0.15) is 11.5 Å². The number of methoxy groups -OCH3 is 1. The van der Waals surface area contributed by atoms with Crippen LogP contribution in [0.3, 0.4) is 0 Å². The fourth-order valence-corrected chi connectivity index (χ4v) is 3.13. The first-order valence-corrected chi connectivity index (χ1v) is 9.13. The van der Waals surface area contributed by atoms with Gasteiger partial charge in [0.05, 0.1) is 19.2 Å². The van der Waals surface area contributed by atoms with Crippen LogP contribution in [0.25, 0.3) is 11.4 Å². The zero-order valence-corrected chi connectivity index (χ0v) is 16.4. The molecular formula is C20H19BrFN3O2. The largest absolute Gasteiger partial charge is 0.496 e. The highest BCUT2D eigenvalue weighted by molar-refractivity contribution is 9.10. The Balaban J connectivity index is 1.78. The Kier molecular flexibility index (Phi) is 6.36. The molecule has 0 N–H and O–H groups in total. The van der Waals surface area contributed by atoms with Crippen LogP contribution < -0.4 is 4.74 Å². The Morgan fingerprint density at radius 1 is 1.26 bits per heavy atom. The van der Waals surface area contributed by atoms with Crippen LogP contribution in [0, 0.1) is 5.82 Å². The molecule has 27 heavy (non-hydrogen) atoms. The first kappa shape index (κ1) is 19.3. The topological polar surface area (TPSA) is 51.4 Å². The zero-order chi connectivity index (χ0) is 19.2. The minimum atomic E-state index is -0.257. The third kappa shape index (κ3) is 4.81. The molecule has 1 aromatic heterocycles. The summed E-state index contributed by atoms with van der Waals surface area (Å²) in [5.74, 6) is 1.30. The van der Waals surface area contributed by atoms with E-state index < -0.39 is 0 Å². The minimum Gasteiger partial charge on any atom is -0.496 e. The molecular weight excluding hydrogens is 413 g/mol. The summed E-state index contributed by atoms with van der Waals surface area (Å²) in [6.07, 6.45) is 1.76. The highest BCUT2D eigenvalue weighted by atomic mass is 79.9. The quantitative estimate of drug-likeness (QED) is 0.477. The van der Waals surface area contributed by atoms with Crippen molar-refractivity contribution in [3.05, 3.63) is 76.9 Å². The van der Waals surface area contributed by atoms with Gasteiger partial charge in [-0.1, -0.05) is 39.3 Å². The van der Waals surface area contributed by atoms with Crippen molar-refractivity contribution in [2.45, 2.75) is 13.1 Å². The van der Waals surface area contributed by atoms with Gasteiger partial charge in [-0.25, -0.2) is 4.39 Å². The normalized spacial score (nSPS) is 11.0. The van der Waals surface area contributed by atoms with Crippen molar-refractivity contribution >= 4 is 15.9 Å². The molecule has 0 saturated heterocycles. The fraction of sp³-hybridized carbons (Fsp3) is 0.200. The van der Waals surface area contributed by atoms with E-state index in [0.717, 1.165) is 10.0 Å². The molecule has 1 heterocycles. The first-order valence-electron chi connectivity index (χ1n) is 8.34. The average Bonchev–Trinajstić information content (AvgIpc) is 3.13. The van der Waals surface area contributed by atoms with Crippen LogP contribution in [0.2, 0.25) is 0 Å². The first-order chi connectivity index (χ1) is 13.1. The minimum absolute atomic E-state index is 0.257. The third-order valence-corrected chi connectivity index (χ3v) is 4.46. The second-order valence-corrected chi connectivity index (χ2v) is 6.82. The van der Waals surface area contributed by atoms with Crippen LogP contribution in [-0.2, 0) is 13.1 Å². The Labute approximate surface area is 165 Å². The van der Waals surface area contributed by atoms with Crippen molar-refractivity contribution in [1.82, 2.24) is 15.0 Å². The van der Waals surface area contributed by atoms with Crippen LogP contribution >= 0.6 is 15.9 Å². The number of hydrogen-bond donors (Lipinski definition) is 0. The predicted molar refractivity (Wildman–Crippen MR) is 105 cm³/mol. The third-order valence-electron chi connectivity index (χ3n) is 3.96. The summed E-state index contributed by atoms with van der Waals surface area (Å²) in [7, 11) is 1.60. The summed E-state index contributed by atoms with van der Waals surface area (Å²) in [4.78, 5) is 6.43. The molecule has 2 aromatic carbocycles. The molecule has 0 fully saturated rings. The molecule has 0 radical (unpaired) electrons. The summed E-state index contributed by atoms with van der Waals surface area (Å²) in [6.45, 7) is 5.09. The molecule has 140 valence electrons. The van der Waals surface area contributed by atoms with Gasteiger partial charge >= 0.3 is 0 Å². The Bertz CT molecular complexity index is 929. The van der Waals surface area contributed by atoms with E-state index in [1.807, 2.05) is 29.2 Å². The maximum atomic E-state index is 14.1. The SMILES string of the molecule is C=CCN(Cc1nc(-c2ccccc2OC)no1)Cc1cc(Br)ccc1F. The Morgan fingerprint density at radius 3 is 2.85 bits per heavy atom. The van der Waals surface area contributed by atoms with E-state index in [9.17, 15) is 4.39 Å². The van der Waals surface area contributed by atoms with E-state index in [1.165, 1.54) is 6.07 Å². The lowest BCUT2D eigenvalue weighted by atomic mass is 10.2. The summed E-state index contributed by atoms with van der Waals surface area (Å²) < 4.78 is 25.6. The smallest absolute Gasteiger partial charge is 0.241 e. The second kappa shape index (κ2) is 8.92. The Hall–Kier alpha value is -2.51. The number of rotatable bonds is 8. The lowest BCUT2D eigenvalue weighted by molar-refractivity contribution is 0.236. The van der Waals surface area contributed by atoms with Crippen LogP contribution in [0.5, 0.6) is 5.75 Å². The molecule has 7 heteroatoms. The molecule has 0 spiro atoms. The van der Waals surface area contributed by atoms with Gasteiger partial charge in [0, 0.05) is 23.1 Å². The Morgan fingerprint density at radius 2 is 2.07 bits per heavy atom. The molecule has 0 amide bonds. The molecule has 0 atom stereocenters. The van der Waals surface area contributed by atoms with E-state index in [4.69, 9.17) is 9.26 Å². The monoisotopic (exact) mass is 431 g/mol. The van der Waals surface area contributed by atoms with Gasteiger partial charge in [-0.15, -0.1) is 6.58 Å². The van der Waals surface area contributed by atoms with Crippen molar-refractivity contribution in [3.8, 4) is 17.1 Å². The lowest BCUT2D eigenvalue weighted by Gasteiger charge is -2.19. The molecule has 0 saturated carbocycles. The maximum Gasteiger partial charge on any atom is 0.241 e. The second-order valence-electron chi connectivity index (χ2n) is 5.91. The number of hydrogen-bond acceptors (Lipinski definition) is 5. The lowest BCUT2D eigenvalue weighted by Crippen LogP contribution is -2.23. The number of aromatic nitrogens is 2. The maximum absolute atomic E-state index is 14.1. The van der Waals surface area contributed by atoms with Gasteiger partial charge in [0.1, 0.15) is 11.6 Å². The van der Waals surface area contributed by atoms with Crippen molar-refractivity contribution in [2.75, 3.05) is 13.7 Å². The van der Waals surface area contributed by atoms with E-state index in [1.54, 1.807) is 25.3 Å². The van der Waals surface area contributed by atoms with Crippen molar-refractivity contribution in [1.29, 1.82) is 0 Å². The van der Waals surface area contributed by atoms with E-state index in [-0.39, 0.29) is 5.82 Å². The van der Waals surface area contributed by atoms with Crippen molar-refractivity contribution in [2.24, 2.45) is 0 Å². The molecule has 0 bridgehead atoms. The highest BCUT2D eigenvalue weighted by Crippen LogP contribution is 2.27. The zero-order valence-electron chi connectivity index (χ0n) is 14.9. The number of halogens is 2. The van der Waals surface area contributed by atoms with Gasteiger partial charge in [0.25, 0.3) is 0 Å². The van der Waals surface area contributed by atoms with Crippen molar-refractivity contribution < 1.29 is 13.7 Å². The molecule has 0 aliphatic rings. The van der Waals surface area contributed by atoms with Crippen molar-refractivity contribution in [3.63, 3.8) is 0 Å². The number of nitrogens with zero attached hydrogens (tertiary/aromatic N) is 3. The number of benzene rings is 2. The van der Waals surface area contributed by atoms with Gasteiger partial charge in [-0.2, -0.15) is 4.98 Å². The van der Waals surface area contributed by atoms with Gasteiger partial charge < -0.3 is 9.26 Å². The van der Waals surface area contributed by atoms with E-state index >= 15 is 0 Å². The van der Waals surface area contributed by atoms with Gasteiger partial charge in [0.15, 0.2) is 0 Å². The summed E-state index contributed by atoms with van der Waals surface area (Å²) >= 11 is 3.38. The predicted octanol–water partition coefficient (Wildman–Crippen LogP) is 4.84. The van der Waals surface area contributed by atoms with Gasteiger partial charge in [-0.3, -0.25) is 4.90 Å². The fourth-order valence-electron chi connectivity index (χ4n) is 2.72. The van der Waals surface area contributed by atoms with Gasteiger partial charge in [-0.05, 0) is 30.3 Å². The number of para-hydroxylation sites is 1. The van der Waals surface area contributed by atoms with Gasteiger partial charge in [0.2, 0.25) is 11.7 Å². The molecule has 0 aliphatic heterocycles. The highest BCUT2D eigenvalue weighted by Gasteiger charge is 2.16. The molecule has 5 nitrogen and oxygen atoms in total. The van der Waals surface area contributed by atoms with E-state index in [2.05, 4.69) is 32.6 Å². The molecule has 0 aliphatic carbocycles. The summed E-state index contributed by atoms with van der Waals surface area (Å²) in [5, 5.41) is 4.05. The summed E-state index contributed by atoms with van der Waals surface area (Å²) in [6, 6.07) is 12.3. The van der Waals surface area contributed by atoms with Crippen LogP contribution in [-0.4, -0.2) is 28.7 Å². The average molecular weight is 432 g/mol. The van der Waals surface area contributed by atoms with Crippen LogP contribution in [0.15, 0.2) is 64.1 Å². The van der Waals surface area contributed by atoms with Crippen LogP contribution in [0.4, 0.5) is 4.39 Å². The summed E-state index contributed by atoms with van der Waals surface area (Å²) in [5.41, 5.74) is 1.33. The van der Waals surface area contributed by atoms with E-state index in [0.29, 0.717) is 42.7 Å². The molecule has 3 aromatic rings. The standard InChI is InChI=1S/C20H19BrFN3O2/c1-3-10-25(12-14-11-15(21)8-9-17(14)22)13-19-23-20(24-27-19)16-6-4-5-7-18(16)26-2/h3-9,11H,1,10,12-13H2,2H3.